The number of rotatable bonds is 6. The minimum atomic E-state index is -0.356. The minimum Gasteiger partial charge on any atom is -0.449 e. The van der Waals surface area contributed by atoms with Crippen molar-refractivity contribution < 1.29 is 19.1 Å². The van der Waals surface area contributed by atoms with Gasteiger partial charge in [-0.05, 0) is 64.5 Å². The van der Waals surface area contributed by atoms with Gasteiger partial charge in [-0.25, -0.2) is 19.0 Å². The summed E-state index contributed by atoms with van der Waals surface area (Å²) in [5.74, 6) is 0.0424. The van der Waals surface area contributed by atoms with Crippen molar-refractivity contribution in [1.82, 2.24) is 29.2 Å². The Kier molecular flexibility index (Phi) is 8.48. The summed E-state index contributed by atoms with van der Waals surface area (Å²) < 4.78 is 8.51. The van der Waals surface area contributed by atoms with Crippen LogP contribution in [0.1, 0.15) is 65.3 Å². The van der Waals surface area contributed by atoms with Crippen LogP contribution < -0.4 is 11.0 Å². The Morgan fingerprint density at radius 1 is 0.975 bits per heavy atom. The zero-order chi connectivity index (χ0) is 28.4. The van der Waals surface area contributed by atoms with E-state index in [1.165, 1.54) is 4.57 Å². The van der Waals surface area contributed by atoms with E-state index in [2.05, 4.69) is 10.2 Å². The first kappa shape index (κ1) is 28.2. The molecule has 1 aromatic heterocycles. The molecule has 2 bridgehead atoms. The third-order valence-electron chi connectivity index (χ3n) is 8.70. The van der Waals surface area contributed by atoms with Gasteiger partial charge in [0, 0.05) is 63.8 Å². The van der Waals surface area contributed by atoms with E-state index in [1.807, 2.05) is 38.1 Å². The zero-order valence-electron chi connectivity index (χ0n) is 23.9. The van der Waals surface area contributed by atoms with Crippen LogP contribution in [0.25, 0.3) is 11.0 Å². The van der Waals surface area contributed by atoms with Gasteiger partial charge in [0.25, 0.3) is 0 Å². The lowest BCUT2D eigenvalue weighted by Crippen LogP contribution is -2.52. The molecule has 3 amide bonds. The maximum absolute atomic E-state index is 13.3. The summed E-state index contributed by atoms with van der Waals surface area (Å²) >= 11 is 0. The second kappa shape index (κ2) is 12.0. The van der Waals surface area contributed by atoms with Crippen molar-refractivity contribution in [3.8, 4) is 0 Å². The molecule has 3 aliphatic heterocycles. The van der Waals surface area contributed by atoms with E-state index >= 15 is 0 Å². The quantitative estimate of drug-likeness (QED) is 0.550. The zero-order valence-corrected chi connectivity index (χ0v) is 23.9. The van der Waals surface area contributed by atoms with Gasteiger partial charge < -0.3 is 19.9 Å². The number of imidazole rings is 1. The first-order valence-electron chi connectivity index (χ1n) is 14.7. The van der Waals surface area contributed by atoms with Crippen molar-refractivity contribution in [1.29, 1.82) is 0 Å². The average Bonchev–Trinajstić information content (AvgIpc) is 3.19. The fourth-order valence-electron chi connectivity index (χ4n) is 6.78. The van der Waals surface area contributed by atoms with Crippen LogP contribution in [-0.4, -0.2) is 99.3 Å². The third kappa shape index (κ3) is 5.75. The molecule has 0 spiro atoms. The second-order valence-corrected chi connectivity index (χ2v) is 11.6. The van der Waals surface area contributed by atoms with Gasteiger partial charge in [-0.1, -0.05) is 12.1 Å². The van der Waals surface area contributed by atoms with E-state index in [-0.39, 0.29) is 35.8 Å². The molecular formula is C29H42N6O5. The number of amides is 3. The lowest BCUT2D eigenvalue weighted by atomic mass is 9.97. The van der Waals surface area contributed by atoms with Crippen LogP contribution in [0, 0.1) is 0 Å². The molecule has 1 N–H and O–H groups in total. The summed E-state index contributed by atoms with van der Waals surface area (Å²) in [6, 6.07) is 7.79. The molecule has 0 saturated carbocycles. The lowest BCUT2D eigenvalue weighted by Gasteiger charge is -2.39. The van der Waals surface area contributed by atoms with Gasteiger partial charge in [0.05, 0.1) is 17.6 Å². The number of benzene rings is 1. The molecule has 5 rings (SSSR count). The molecule has 3 aliphatic rings. The Balaban J connectivity index is 1.11. The van der Waals surface area contributed by atoms with Crippen molar-refractivity contribution >= 4 is 29.1 Å². The molecule has 1 aromatic carbocycles. The Morgan fingerprint density at radius 3 is 2.30 bits per heavy atom. The molecule has 40 heavy (non-hydrogen) atoms. The Hall–Kier alpha value is -3.34. The van der Waals surface area contributed by atoms with E-state index in [1.54, 1.807) is 21.3 Å². The molecular weight excluding hydrogens is 512 g/mol. The normalized spacial score (nSPS) is 23.4. The SMILES string of the molecule is CC(=O)N1CCCN(C(=O)OCCCN2C3CCC2CC(NC(=O)n2c(=O)n(C(C)C)c4ccccc42)C3)CC1. The van der Waals surface area contributed by atoms with Crippen molar-refractivity contribution in [2.45, 2.75) is 83.5 Å². The number of nitrogens with zero attached hydrogens (tertiary/aromatic N) is 5. The second-order valence-electron chi connectivity index (χ2n) is 11.6. The van der Waals surface area contributed by atoms with Gasteiger partial charge in [-0.2, -0.15) is 0 Å². The Morgan fingerprint density at radius 2 is 1.62 bits per heavy atom. The standard InChI is InChI=1S/C29H42N6O5/c1-20(2)34-25-8-4-5-9-26(25)35(28(34)38)27(37)30-22-18-23-10-11-24(19-22)33(23)14-7-17-40-29(39)32-13-6-12-31(15-16-32)21(3)36/h4-5,8-9,20,22-24H,6-7,10-19H2,1-3H3,(H,30,37). The molecule has 2 aromatic rings. The van der Waals surface area contributed by atoms with Gasteiger partial charge in [-0.15, -0.1) is 0 Å². The minimum absolute atomic E-state index is 0.0183. The van der Waals surface area contributed by atoms with Crippen LogP contribution in [0.5, 0.6) is 0 Å². The van der Waals surface area contributed by atoms with Crippen molar-refractivity contribution in [2.75, 3.05) is 39.3 Å². The molecule has 11 nitrogen and oxygen atoms in total. The maximum Gasteiger partial charge on any atom is 0.409 e. The van der Waals surface area contributed by atoms with E-state index in [0.29, 0.717) is 50.4 Å². The van der Waals surface area contributed by atoms with Gasteiger partial charge in [0.15, 0.2) is 0 Å². The molecule has 4 heterocycles. The summed E-state index contributed by atoms with van der Waals surface area (Å²) in [5.41, 5.74) is 1.09. The largest absolute Gasteiger partial charge is 0.449 e. The highest BCUT2D eigenvalue weighted by molar-refractivity contribution is 5.89. The van der Waals surface area contributed by atoms with Crippen LogP contribution in [0.2, 0.25) is 0 Å². The number of carbonyl (C=O) groups is 3. The van der Waals surface area contributed by atoms with Crippen molar-refractivity contribution in [3.05, 3.63) is 34.7 Å². The summed E-state index contributed by atoms with van der Waals surface area (Å²) in [6.45, 7) is 9.01. The number of fused-ring (bicyclic) bond motifs is 3. The summed E-state index contributed by atoms with van der Waals surface area (Å²) in [7, 11) is 0. The number of hydrogen-bond donors (Lipinski definition) is 1. The summed E-state index contributed by atoms with van der Waals surface area (Å²) in [4.78, 5) is 56.6. The number of hydrogen-bond acceptors (Lipinski definition) is 6. The van der Waals surface area contributed by atoms with Gasteiger partial charge >= 0.3 is 17.8 Å². The van der Waals surface area contributed by atoms with Crippen LogP contribution in [0.4, 0.5) is 9.59 Å². The highest BCUT2D eigenvalue weighted by atomic mass is 16.6. The number of piperidine rings is 1. The highest BCUT2D eigenvalue weighted by Crippen LogP contribution is 2.35. The fourth-order valence-corrected chi connectivity index (χ4v) is 6.78. The molecule has 218 valence electrons. The van der Waals surface area contributed by atoms with Gasteiger partial charge in [0.2, 0.25) is 5.91 Å². The van der Waals surface area contributed by atoms with E-state index in [0.717, 1.165) is 50.6 Å². The third-order valence-corrected chi connectivity index (χ3v) is 8.70. The maximum atomic E-state index is 13.3. The van der Waals surface area contributed by atoms with E-state index in [9.17, 15) is 19.2 Å². The number of nitrogens with one attached hydrogen (secondary N) is 1. The predicted octanol–water partition coefficient (Wildman–Crippen LogP) is 3.02. The van der Waals surface area contributed by atoms with Gasteiger partial charge in [-0.3, -0.25) is 14.3 Å². The van der Waals surface area contributed by atoms with Crippen LogP contribution in [0.15, 0.2) is 29.1 Å². The number of ether oxygens (including phenoxy) is 1. The van der Waals surface area contributed by atoms with E-state index in [4.69, 9.17) is 4.74 Å². The fraction of sp³-hybridized carbons (Fsp3) is 0.655. The molecule has 2 atom stereocenters. The molecule has 3 fully saturated rings. The Bertz CT molecular complexity index is 1290. The van der Waals surface area contributed by atoms with Crippen molar-refractivity contribution in [3.63, 3.8) is 0 Å². The molecule has 0 radical (unpaired) electrons. The molecule has 2 unspecified atom stereocenters. The van der Waals surface area contributed by atoms with Crippen LogP contribution >= 0.6 is 0 Å². The van der Waals surface area contributed by atoms with Crippen LogP contribution in [-0.2, 0) is 9.53 Å². The topological polar surface area (TPSA) is 109 Å². The first-order chi connectivity index (χ1) is 19.2. The molecule has 0 aliphatic carbocycles. The summed E-state index contributed by atoms with van der Waals surface area (Å²) in [5, 5.41) is 3.16. The smallest absolute Gasteiger partial charge is 0.409 e. The summed E-state index contributed by atoms with van der Waals surface area (Å²) in [6.07, 6.45) is 5.09. The predicted molar refractivity (Wildman–Crippen MR) is 151 cm³/mol. The number of para-hydroxylation sites is 2. The van der Waals surface area contributed by atoms with Crippen molar-refractivity contribution in [2.24, 2.45) is 0 Å². The average molecular weight is 555 g/mol. The highest BCUT2D eigenvalue weighted by Gasteiger charge is 2.41. The monoisotopic (exact) mass is 554 g/mol. The van der Waals surface area contributed by atoms with E-state index < -0.39 is 0 Å². The molecule has 3 saturated heterocycles. The first-order valence-corrected chi connectivity index (χ1v) is 14.7. The number of carbonyl (C=O) groups excluding carboxylic acids is 3. The lowest BCUT2D eigenvalue weighted by molar-refractivity contribution is -0.128. The van der Waals surface area contributed by atoms with Crippen LogP contribution in [0.3, 0.4) is 0 Å². The number of aromatic nitrogens is 2. The van der Waals surface area contributed by atoms with Gasteiger partial charge in [0.1, 0.15) is 0 Å². The Labute approximate surface area is 235 Å². The molecule has 11 heteroatoms.